The van der Waals surface area contributed by atoms with Gasteiger partial charge in [-0.25, -0.2) is 13.4 Å². The molecule has 0 radical (unpaired) electrons. The van der Waals surface area contributed by atoms with Crippen LogP contribution in [0.2, 0.25) is 0 Å². The van der Waals surface area contributed by atoms with Crippen LogP contribution in [0, 0.1) is 5.92 Å². The predicted molar refractivity (Wildman–Crippen MR) is 248 cm³/mol. The summed E-state index contributed by atoms with van der Waals surface area (Å²) in [6.45, 7) is 8.55. The lowest BCUT2D eigenvalue weighted by Crippen LogP contribution is -2.65. The molecular weight excluding hydrogens is 737 g/mol. The van der Waals surface area contributed by atoms with E-state index in [1.807, 2.05) is 26.0 Å². The molecule has 3 aromatic carbocycles. The average molecular weight is 811 g/mol. The molecule has 1 aliphatic rings. The molecule has 6 nitrogen and oxygen atoms in total. The van der Waals surface area contributed by atoms with Crippen LogP contribution in [0.5, 0.6) is 0 Å². The predicted octanol–water partition coefficient (Wildman–Crippen LogP) is 12.4. The molecule has 0 heterocycles. The van der Waals surface area contributed by atoms with Crippen LogP contribution in [0.4, 0.5) is 11.4 Å². The number of hydrogen-bond donors (Lipinski definition) is 2. The fraction of sp³-hybridized carbons (Fsp3) is 0.490. The Morgan fingerprint density at radius 3 is 1.57 bits per heavy atom. The summed E-state index contributed by atoms with van der Waals surface area (Å²) in [7, 11) is -3.92. The van der Waals surface area contributed by atoms with E-state index in [1.165, 1.54) is 101 Å². The lowest BCUT2D eigenvalue weighted by atomic mass is 9.93. The molecule has 2 N–H and O–H groups in total. The molecule has 58 heavy (non-hydrogen) atoms. The number of amides is 1. The Bertz CT molecular complexity index is 1710. The number of unbranched alkanes of at least 4 members (excludes halogenated alkanes) is 14. The molecule has 1 amide bonds. The summed E-state index contributed by atoms with van der Waals surface area (Å²) in [5, 5.41) is 3.27. The Morgan fingerprint density at radius 2 is 1.09 bits per heavy atom. The number of carbonyl (C=O) groups is 1. The van der Waals surface area contributed by atoms with Crippen molar-refractivity contribution in [2.75, 3.05) is 11.6 Å². The summed E-state index contributed by atoms with van der Waals surface area (Å²) in [4.78, 5) is 17.0. The van der Waals surface area contributed by atoms with Crippen molar-refractivity contribution >= 4 is 39.2 Å². The maximum atomic E-state index is 13.5. The molecule has 7 heteroatoms. The van der Waals surface area contributed by atoms with E-state index in [1.54, 1.807) is 0 Å². The molecule has 0 aromatic heterocycles. The molecule has 318 valence electrons. The molecule has 0 saturated heterocycles. The van der Waals surface area contributed by atoms with E-state index < -0.39 is 10.1 Å². The van der Waals surface area contributed by atoms with Crippen LogP contribution < -0.4 is 10.3 Å². The zero-order chi connectivity index (χ0) is 42.3. The molecule has 0 saturated carbocycles. The summed E-state index contributed by atoms with van der Waals surface area (Å²) in [6.07, 6.45) is 35.1. The molecule has 0 fully saturated rings. The van der Waals surface area contributed by atoms with E-state index in [0.29, 0.717) is 6.26 Å². The minimum atomic E-state index is -3.92. The quantitative estimate of drug-likeness (QED) is 0.0695. The van der Waals surface area contributed by atoms with Crippen molar-refractivity contribution in [3.05, 3.63) is 125 Å². The first-order valence-electron chi connectivity index (χ1n) is 22.3. The van der Waals surface area contributed by atoms with Gasteiger partial charge in [0.25, 0.3) is 0 Å². The first-order valence-corrected chi connectivity index (χ1v) is 24.1. The number of hydrogen-bond acceptors (Lipinski definition) is 4. The second-order valence-corrected chi connectivity index (χ2v) is 16.7. The first kappa shape index (κ1) is 50.1. The fourth-order valence-corrected chi connectivity index (χ4v) is 6.92. The number of nitrogens with one attached hydrogen (secondary N) is 2. The maximum absolute atomic E-state index is 13.5. The number of rotatable bonds is 24. The van der Waals surface area contributed by atoms with E-state index in [4.69, 9.17) is 13.0 Å². The number of benzene rings is 3. The van der Waals surface area contributed by atoms with Crippen LogP contribution >= 0.6 is 0 Å². The molecule has 0 unspecified atom stereocenters. The molecule has 0 bridgehead atoms. The van der Waals surface area contributed by atoms with Crippen LogP contribution in [-0.2, 0) is 21.3 Å². The topological polar surface area (TPSA) is 100 Å². The van der Waals surface area contributed by atoms with Crippen LogP contribution in [0.1, 0.15) is 160 Å². The Kier molecular flexibility index (Phi) is 26.7. The minimum Gasteiger partial charge on any atom is -0.748 e. The standard InChI is InChI=1S/C48H64N2O.C2H6.CH4O3S/c1-3-5-7-9-11-13-15-20-24-44(25-21-16-14-12-10-8-6-4-2)48(51)50-47-36-30-43(31-37-47)39-42-28-34-46(35-29-42)49-45-32-26-41(27-33-45)38-40-22-18-17-19-23-40;1-2;1-5(2,3)4/h17-19,22-23,26-37,39,44H,3-16,20-21,24-25,38H2,1-2H3,(H,50,51);1-2H3;1H3,(H,2,3,4). The summed E-state index contributed by atoms with van der Waals surface area (Å²) in [5.74, 6) is 0.308. The Hall–Kier alpha value is -4.07. The van der Waals surface area contributed by atoms with Gasteiger partial charge in [0, 0.05) is 42.1 Å². The summed E-state index contributed by atoms with van der Waals surface area (Å²) >= 11 is 0. The second kappa shape index (κ2) is 30.9. The summed E-state index contributed by atoms with van der Waals surface area (Å²) in [6, 6.07) is 27.6. The van der Waals surface area contributed by atoms with Gasteiger partial charge in [-0.3, -0.25) is 4.79 Å². The Labute approximate surface area is 353 Å². The smallest absolute Gasteiger partial charge is 0.227 e. The highest BCUT2D eigenvalue weighted by Crippen LogP contribution is 2.23. The molecule has 1 aliphatic carbocycles. The van der Waals surface area contributed by atoms with Gasteiger partial charge >= 0.3 is 0 Å². The number of carbonyl (C=O) groups excluding carboxylic acids is 1. The van der Waals surface area contributed by atoms with Gasteiger partial charge in [-0.05, 0) is 71.9 Å². The van der Waals surface area contributed by atoms with Crippen LogP contribution in [0.3, 0.4) is 0 Å². The van der Waals surface area contributed by atoms with Gasteiger partial charge in [-0.1, -0.05) is 185 Å². The molecule has 4 rings (SSSR count). The Balaban J connectivity index is 0.00000154. The number of anilines is 1. The van der Waals surface area contributed by atoms with Crippen molar-refractivity contribution < 1.29 is 22.8 Å². The second-order valence-electron chi connectivity index (χ2n) is 15.3. The van der Waals surface area contributed by atoms with Gasteiger partial charge in [0.15, 0.2) is 0 Å². The lowest BCUT2D eigenvalue weighted by molar-refractivity contribution is -0.351. The molecule has 0 atom stereocenters. The zero-order valence-corrected chi connectivity index (χ0v) is 37.3. The monoisotopic (exact) mass is 811 g/mol. The van der Waals surface area contributed by atoms with Crippen molar-refractivity contribution in [2.45, 2.75) is 150 Å². The summed E-state index contributed by atoms with van der Waals surface area (Å²) < 4.78 is 27.2. The largest absolute Gasteiger partial charge is 0.748 e. The third kappa shape index (κ3) is 24.6. The van der Waals surface area contributed by atoms with E-state index >= 15 is 0 Å². The van der Waals surface area contributed by atoms with E-state index in [2.05, 4.69) is 121 Å². The normalized spacial score (nSPS) is 12.1. The van der Waals surface area contributed by atoms with Crippen LogP contribution in [0.15, 0.2) is 109 Å². The van der Waals surface area contributed by atoms with Crippen LogP contribution in [-0.4, -0.2) is 30.8 Å². The van der Waals surface area contributed by atoms with Crippen molar-refractivity contribution in [1.29, 1.82) is 0 Å². The van der Waals surface area contributed by atoms with Crippen molar-refractivity contribution in [2.24, 2.45) is 5.92 Å². The molecule has 0 aliphatic heterocycles. The number of allylic oxidation sites excluding steroid dienone is 5. The Morgan fingerprint density at radius 1 is 0.638 bits per heavy atom. The first-order chi connectivity index (χ1) is 28.1. The highest BCUT2D eigenvalue weighted by atomic mass is 32.2. The highest BCUT2D eigenvalue weighted by molar-refractivity contribution is 7.84. The average Bonchev–Trinajstić information content (AvgIpc) is 3.22. The zero-order valence-electron chi connectivity index (χ0n) is 36.4. The van der Waals surface area contributed by atoms with Crippen molar-refractivity contribution in [1.82, 2.24) is 0 Å². The van der Waals surface area contributed by atoms with Gasteiger partial charge in [0.2, 0.25) is 17.3 Å². The SMILES string of the molecule is CC.CCCCCCCCCCC(CCCCCCCCCC)C(=O)Nc1ccc(C=C2C=CC(=[NH+]c3ccc(Cc4ccccc4)cc3)C=C2)cc1.CS(=O)(=O)[O-]. The van der Waals surface area contributed by atoms with Gasteiger partial charge in [-0.15, -0.1) is 0 Å². The fourth-order valence-electron chi connectivity index (χ4n) is 6.92. The van der Waals surface area contributed by atoms with Gasteiger partial charge in [-0.2, -0.15) is 0 Å². The highest BCUT2D eigenvalue weighted by Gasteiger charge is 2.18. The van der Waals surface area contributed by atoms with E-state index in [9.17, 15) is 4.79 Å². The molecule has 0 spiro atoms. The van der Waals surface area contributed by atoms with E-state index in [-0.39, 0.29) is 11.8 Å². The lowest BCUT2D eigenvalue weighted by Gasteiger charge is -2.17. The van der Waals surface area contributed by atoms with Crippen molar-refractivity contribution in [3.8, 4) is 0 Å². The van der Waals surface area contributed by atoms with Crippen molar-refractivity contribution in [3.63, 3.8) is 0 Å². The third-order valence-electron chi connectivity index (χ3n) is 10.1. The molecule has 3 aromatic rings. The third-order valence-corrected chi connectivity index (χ3v) is 10.1. The molecular formula is C51H74N2O4S. The minimum absolute atomic E-state index is 0.107. The van der Waals surface area contributed by atoms with Crippen LogP contribution in [0.25, 0.3) is 6.08 Å². The van der Waals surface area contributed by atoms with E-state index in [0.717, 1.165) is 60.3 Å². The summed E-state index contributed by atoms with van der Waals surface area (Å²) in [5.41, 5.74) is 7.94. The maximum Gasteiger partial charge on any atom is 0.227 e. The van der Waals surface area contributed by atoms with Gasteiger partial charge < -0.3 is 9.87 Å². The van der Waals surface area contributed by atoms with Gasteiger partial charge in [0.1, 0.15) is 0 Å². The van der Waals surface area contributed by atoms with Gasteiger partial charge in [0.05, 0.1) is 10.1 Å².